The van der Waals surface area contributed by atoms with Gasteiger partial charge in [0.25, 0.3) is 11.5 Å². The molecular formula is C23H30N4O3S. The lowest BCUT2D eigenvalue weighted by Crippen LogP contribution is -2.38. The Bertz CT molecular complexity index is 989. The zero-order valence-electron chi connectivity index (χ0n) is 18.1. The van der Waals surface area contributed by atoms with Crippen molar-refractivity contribution in [2.45, 2.75) is 51.5 Å². The van der Waals surface area contributed by atoms with E-state index in [1.54, 1.807) is 36.7 Å². The molecule has 2 aliphatic carbocycles. The lowest BCUT2D eigenvalue weighted by atomic mass is 9.78. The minimum atomic E-state index is -0.305. The van der Waals surface area contributed by atoms with Crippen molar-refractivity contribution >= 4 is 23.2 Å². The number of aryl methyl sites for hydroxylation is 1. The first kappa shape index (κ1) is 21.7. The first-order valence-corrected chi connectivity index (χ1v) is 12.0. The lowest BCUT2D eigenvalue weighted by molar-refractivity contribution is -0.123. The molecule has 0 unspecified atom stereocenters. The molecule has 0 aliphatic heterocycles. The first-order chi connectivity index (χ1) is 14.9. The van der Waals surface area contributed by atoms with E-state index >= 15 is 0 Å². The molecule has 2 heterocycles. The summed E-state index contributed by atoms with van der Waals surface area (Å²) < 4.78 is 1.49. The van der Waals surface area contributed by atoms with Crippen molar-refractivity contribution in [3.63, 3.8) is 0 Å². The van der Waals surface area contributed by atoms with Gasteiger partial charge >= 0.3 is 0 Å². The molecule has 0 spiro atoms. The molecule has 2 aromatic heterocycles. The summed E-state index contributed by atoms with van der Waals surface area (Å²) >= 11 is 1.60. The fourth-order valence-corrected chi connectivity index (χ4v) is 5.13. The highest BCUT2D eigenvalue weighted by molar-refractivity contribution is 7.09. The Labute approximate surface area is 186 Å². The second kappa shape index (κ2) is 9.34. The summed E-state index contributed by atoms with van der Waals surface area (Å²) in [6.45, 7) is 2.41. The molecule has 0 radical (unpaired) electrons. The van der Waals surface area contributed by atoms with Crippen LogP contribution in [0, 0.1) is 24.7 Å². The molecule has 8 heteroatoms. The van der Waals surface area contributed by atoms with Crippen LogP contribution >= 0.6 is 11.3 Å². The second-order valence-electron chi connectivity index (χ2n) is 8.87. The van der Waals surface area contributed by atoms with E-state index < -0.39 is 0 Å². The van der Waals surface area contributed by atoms with Crippen molar-refractivity contribution in [1.82, 2.24) is 20.2 Å². The van der Waals surface area contributed by atoms with Crippen LogP contribution in [0.15, 0.2) is 28.5 Å². The van der Waals surface area contributed by atoms with Gasteiger partial charge in [-0.2, -0.15) is 0 Å². The van der Waals surface area contributed by atoms with E-state index in [0.29, 0.717) is 18.4 Å². The SMILES string of the molecule is Cc1ccc(C(=O)NCC2CCC([C@@H](NC(=O)C3CC3)c3nccs3)CC2)c(=O)n1C. The van der Waals surface area contributed by atoms with Crippen LogP contribution in [-0.2, 0) is 11.8 Å². The molecule has 0 saturated heterocycles. The Hall–Kier alpha value is -2.48. The van der Waals surface area contributed by atoms with Gasteiger partial charge in [-0.3, -0.25) is 14.4 Å². The summed E-state index contributed by atoms with van der Waals surface area (Å²) in [6.07, 6.45) is 7.73. The van der Waals surface area contributed by atoms with E-state index in [1.807, 2.05) is 12.3 Å². The predicted molar refractivity (Wildman–Crippen MR) is 120 cm³/mol. The fourth-order valence-electron chi connectivity index (χ4n) is 4.34. The van der Waals surface area contributed by atoms with Crippen LogP contribution in [0.25, 0.3) is 0 Å². The third-order valence-corrected chi connectivity index (χ3v) is 7.54. The number of pyridine rings is 1. The van der Waals surface area contributed by atoms with Gasteiger partial charge in [0, 0.05) is 36.8 Å². The number of nitrogens with zero attached hydrogens (tertiary/aromatic N) is 2. The van der Waals surface area contributed by atoms with E-state index in [1.165, 1.54) is 4.57 Å². The zero-order valence-corrected chi connectivity index (χ0v) is 18.9. The maximum atomic E-state index is 12.5. The van der Waals surface area contributed by atoms with E-state index in [4.69, 9.17) is 0 Å². The van der Waals surface area contributed by atoms with Crippen LogP contribution in [-0.4, -0.2) is 27.9 Å². The number of hydrogen-bond donors (Lipinski definition) is 2. The summed E-state index contributed by atoms with van der Waals surface area (Å²) in [6, 6.07) is 3.38. The number of carbonyl (C=O) groups is 2. The van der Waals surface area contributed by atoms with Crippen molar-refractivity contribution in [1.29, 1.82) is 0 Å². The molecule has 4 rings (SSSR count). The number of nitrogens with one attached hydrogen (secondary N) is 2. The van der Waals surface area contributed by atoms with Crippen molar-refractivity contribution in [3.05, 3.63) is 50.3 Å². The Kier molecular flexibility index (Phi) is 6.55. The van der Waals surface area contributed by atoms with Crippen molar-refractivity contribution in [2.24, 2.45) is 24.8 Å². The van der Waals surface area contributed by atoms with Crippen molar-refractivity contribution in [2.75, 3.05) is 6.54 Å². The number of rotatable bonds is 7. The quantitative estimate of drug-likeness (QED) is 0.689. The monoisotopic (exact) mass is 442 g/mol. The summed E-state index contributed by atoms with van der Waals surface area (Å²) in [4.78, 5) is 41.7. The third kappa shape index (κ3) is 5.06. The molecule has 2 N–H and O–H groups in total. The van der Waals surface area contributed by atoms with Gasteiger partial charge in [-0.15, -0.1) is 11.3 Å². The third-order valence-electron chi connectivity index (χ3n) is 6.68. The smallest absolute Gasteiger partial charge is 0.263 e. The summed E-state index contributed by atoms with van der Waals surface area (Å²) in [7, 11) is 1.68. The molecule has 2 saturated carbocycles. The van der Waals surface area contributed by atoms with Gasteiger partial charge in [0.2, 0.25) is 5.91 Å². The highest BCUT2D eigenvalue weighted by atomic mass is 32.1. The molecule has 0 aromatic carbocycles. The molecular weight excluding hydrogens is 412 g/mol. The predicted octanol–water partition coefficient (Wildman–Crippen LogP) is 2.95. The van der Waals surface area contributed by atoms with E-state index in [0.717, 1.165) is 49.2 Å². The summed E-state index contributed by atoms with van der Waals surface area (Å²) in [5, 5.41) is 9.15. The van der Waals surface area contributed by atoms with Crippen LogP contribution in [0.3, 0.4) is 0 Å². The number of aromatic nitrogens is 2. The molecule has 2 amide bonds. The number of carbonyl (C=O) groups excluding carboxylic acids is 2. The Morgan fingerprint density at radius 1 is 1.19 bits per heavy atom. The zero-order chi connectivity index (χ0) is 22.0. The van der Waals surface area contributed by atoms with Crippen LogP contribution in [0.2, 0.25) is 0 Å². The van der Waals surface area contributed by atoms with Crippen molar-refractivity contribution in [3.8, 4) is 0 Å². The average Bonchev–Trinajstić information content (AvgIpc) is 3.49. The van der Waals surface area contributed by atoms with Gasteiger partial charge in [0.05, 0.1) is 6.04 Å². The molecule has 7 nitrogen and oxygen atoms in total. The van der Waals surface area contributed by atoms with Crippen LogP contribution < -0.4 is 16.2 Å². The summed E-state index contributed by atoms with van der Waals surface area (Å²) in [5.74, 6) is 0.786. The largest absolute Gasteiger partial charge is 0.352 e. The van der Waals surface area contributed by atoms with Gasteiger partial charge in [-0.05, 0) is 69.4 Å². The van der Waals surface area contributed by atoms with Gasteiger partial charge in [0.15, 0.2) is 0 Å². The lowest BCUT2D eigenvalue weighted by Gasteiger charge is -2.33. The Balaban J connectivity index is 1.31. The average molecular weight is 443 g/mol. The molecule has 166 valence electrons. The minimum Gasteiger partial charge on any atom is -0.352 e. The molecule has 1 atom stereocenters. The van der Waals surface area contributed by atoms with E-state index in [9.17, 15) is 14.4 Å². The first-order valence-electron chi connectivity index (χ1n) is 11.1. The molecule has 0 bridgehead atoms. The number of amides is 2. The molecule has 31 heavy (non-hydrogen) atoms. The Morgan fingerprint density at radius 3 is 2.58 bits per heavy atom. The minimum absolute atomic E-state index is 0.0146. The number of thiazole rings is 1. The highest BCUT2D eigenvalue weighted by Gasteiger charge is 2.36. The topological polar surface area (TPSA) is 93.1 Å². The van der Waals surface area contributed by atoms with Crippen molar-refractivity contribution < 1.29 is 9.59 Å². The van der Waals surface area contributed by atoms with Gasteiger partial charge in [0.1, 0.15) is 10.6 Å². The normalized spacial score (nSPS) is 22.0. The maximum absolute atomic E-state index is 12.5. The molecule has 2 aromatic rings. The van der Waals surface area contributed by atoms with Gasteiger partial charge in [-0.1, -0.05) is 0 Å². The molecule has 2 aliphatic rings. The molecule has 2 fully saturated rings. The standard InChI is InChI=1S/C23H30N4O3S/c1-14-3-10-18(23(30)27(14)2)21(29)25-13-15-4-6-16(7-5-15)19(22-24-11-12-31-22)26-20(28)17-8-9-17/h3,10-12,15-17,19H,4-9,13H2,1-2H3,(H,25,29)(H,26,28)/t15?,16?,19-/m1/s1. The van der Waals surface area contributed by atoms with E-state index in [-0.39, 0.29) is 34.9 Å². The highest BCUT2D eigenvalue weighted by Crippen LogP contribution is 2.38. The van der Waals surface area contributed by atoms with Crippen LogP contribution in [0.5, 0.6) is 0 Å². The van der Waals surface area contributed by atoms with Gasteiger partial charge < -0.3 is 15.2 Å². The Morgan fingerprint density at radius 2 is 1.94 bits per heavy atom. The van der Waals surface area contributed by atoms with E-state index in [2.05, 4.69) is 15.6 Å². The van der Waals surface area contributed by atoms with Crippen LogP contribution in [0.4, 0.5) is 0 Å². The van der Waals surface area contributed by atoms with Crippen LogP contribution in [0.1, 0.15) is 65.6 Å². The fraction of sp³-hybridized carbons (Fsp3) is 0.565. The summed E-state index contributed by atoms with van der Waals surface area (Å²) in [5.41, 5.74) is 0.746. The maximum Gasteiger partial charge on any atom is 0.263 e. The second-order valence-corrected chi connectivity index (χ2v) is 9.80. The van der Waals surface area contributed by atoms with Gasteiger partial charge in [-0.25, -0.2) is 4.98 Å². The number of hydrogen-bond acceptors (Lipinski definition) is 5.